The molecule has 0 fully saturated rings. The second-order valence-electron chi connectivity index (χ2n) is 7.31. The summed E-state index contributed by atoms with van der Waals surface area (Å²) in [5.41, 5.74) is 5.24. The zero-order valence-corrected chi connectivity index (χ0v) is 17.9. The molecule has 0 amide bonds. The molecule has 0 aliphatic heterocycles. The largest absolute Gasteiger partial charge is 0.507 e. The Morgan fingerprint density at radius 2 is 0.938 bits per heavy atom. The van der Waals surface area contributed by atoms with Crippen LogP contribution in [0.5, 0.6) is 11.5 Å². The van der Waals surface area contributed by atoms with Gasteiger partial charge in [0.15, 0.2) is 0 Å². The van der Waals surface area contributed by atoms with Gasteiger partial charge in [0.1, 0.15) is 11.5 Å². The molecule has 0 aliphatic rings. The molecule has 2 N–H and O–H groups in total. The van der Waals surface area contributed by atoms with Crippen LogP contribution >= 0.6 is 0 Å². The van der Waals surface area contributed by atoms with E-state index in [1.807, 2.05) is 72.8 Å². The van der Waals surface area contributed by atoms with Crippen molar-refractivity contribution in [1.29, 1.82) is 0 Å². The molecule has 0 saturated heterocycles. The van der Waals surface area contributed by atoms with Gasteiger partial charge < -0.3 is 19.7 Å². The number of phenols is 2. The molecule has 4 aromatic rings. The maximum Gasteiger partial charge on any atom is 0.130 e. The van der Waals surface area contributed by atoms with Crippen molar-refractivity contribution < 1.29 is 19.7 Å². The van der Waals surface area contributed by atoms with Gasteiger partial charge in [-0.2, -0.15) is 0 Å². The lowest BCUT2D eigenvalue weighted by molar-refractivity contribution is 0.182. The molecule has 6 heteroatoms. The Morgan fingerprint density at radius 1 is 0.562 bits per heavy atom. The molecule has 0 unspecified atom stereocenters. The van der Waals surface area contributed by atoms with Crippen LogP contribution in [0.2, 0.25) is 0 Å². The van der Waals surface area contributed by atoms with Gasteiger partial charge in [-0.05, 0) is 36.4 Å². The highest BCUT2D eigenvalue weighted by molar-refractivity contribution is 5.73. The fourth-order valence-corrected chi connectivity index (χ4v) is 3.59. The third kappa shape index (κ3) is 4.32. The normalized spacial score (nSPS) is 10.9. The molecule has 0 aliphatic carbocycles. The van der Waals surface area contributed by atoms with Crippen LogP contribution in [0, 0.1) is 0 Å². The van der Waals surface area contributed by atoms with Crippen molar-refractivity contribution in [2.45, 2.75) is 13.2 Å². The number of hydrogen-bond donors (Lipinski definition) is 2. The van der Waals surface area contributed by atoms with Crippen LogP contribution in [0.4, 0.5) is 0 Å². The van der Waals surface area contributed by atoms with E-state index in [-0.39, 0.29) is 11.5 Å². The van der Waals surface area contributed by atoms with Crippen molar-refractivity contribution in [2.75, 3.05) is 14.2 Å². The Labute approximate surface area is 186 Å². The molecule has 2 heterocycles. The molecule has 0 spiro atoms. The number of rotatable bonds is 7. The van der Waals surface area contributed by atoms with Crippen LogP contribution in [0.25, 0.3) is 33.9 Å². The smallest absolute Gasteiger partial charge is 0.130 e. The summed E-state index contributed by atoms with van der Waals surface area (Å²) < 4.78 is 10.3. The molecule has 0 saturated carbocycles. The van der Waals surface area contributed by atoms with E-state index in [0.29, 0.717) is 58.2 Å². The lowest BCUT2D eigenvalue weighted by Crippen LogP contribution is -1.95. The topological polar surface area (TPSA) is 84.7 Å². The standard InChI is InChI=1S/C26H24N2O4/c1-31-15-17-7-3-9-19(25(17)29)21-11-5-13-23(27-21)24-14-6-12-22(28-24)20-10-4-8-18(16-32-2)26(20)30/h3-14,29-30H,15-16H2,1-2H3. The molecule has 2 aromatic carbocycles. The van der Waals surface area contributed by atoms with Crippen LogP contribution < -0.4 is 0 Å². The molecule has 4 rings (SSSR count). The van der Waals surface area contributed by atoms with Gasteiger partial charge in [-0.3, -0.25) is 0 Å². The third-order valence-electron chi connectivity index (χ3n) is 5.15. The van der Waals surface area contributed by atoms with Crippen LogP contribution in [0.3, 0.4) is 0 Å². The molecule has 32 heavy (non-hydrogen) atoms. The number of aromatic hydroxyl groups is 2. The highest BCUT2D eigenvalue weighted by Crippen LogP contribution is 2.34. The molecular formula is C26H24N2O4. The summed E-state index contributed by atoms with van der Waals surface area (Å²) in [5, 5.41) is 21.3. The number of para-hydroxylation sites is 2. The number of hydrogen-bond acceptors (Lipinski definition) is 6. The number of phenolic OH excluding ortho intramolecular Hbond substituents is 2. The fraction of sp³-hybridized carbons (Fsp3) is 0.154. The molecular weight excluding hydrogens is 404 g/mol. The first-order valence-electron chi connectivity index (χ1n) is 10.2. The van der Waals surface area contributed by atoms with Gasteiger partial charge in [-0.25, -0.2) is 9.97 Å². The van der Waals surface area contributed by atoms with Gasteiger partial charge in [0.25, 0.3) is 0 Å². The van der Waals surface area contributed by atoms with E-state index < -0.39 is 0 Å². The second-order valence-corrected chi connectivity index (χ2v) is 7.31. The fourth-order valence-electron chi connectivity index (χ4n) is 3.59. The zero-order valence-electron chi connectivity index (χ0n) is 17.9. The summed E-state index contributed by atoms with van der Waals surface area (Å²) >= 11 is 0. The van der Waals surface area contributed by atoms with E-state index in [2.05, 4.69) is 0 Å². The van der Waals surface area contributed by atoms with Crippen LogP contribution in [0.15, 0.2) is 72.8 Å². The highest BCUT2D eigenvalue weighted by atomic mass is 16.5. The number of aromatic nitrogens is 2. The van der Waals surface area contributed by atoms with Crippen molar-refractivity contribution in [3.05, 3.63) is 83.9 Å². The van der Waals surface area contributed by atoms with Gasteiger partial charge >= 0.3 is 0 Å². The molecule has 0 atom stereocenters. The van der Waals surface area contributed by atoms with E-state index in [4.69, 9.17) is 19.4 Å². The van der Waals surface area contributed by atoms with Crippen molar-refractivity contribution >= 4 is 0 Å². The Balaban J connectivity index is 1.73. The average molecular weight is 428 g/mol. The Kier molecular flexibility index (Phi) is 6.44. The summed E-state index contributed by atoms with van der Waals surface area (Å²) in [6, 6.07) is 22.2. The monoisotopic (exact) mass is 428 g/mol. The van der Waals surface area contributed by atoms with Crippen molar-refractivity contribution in [3.8, 4) is 45.4 Å². The summed E-state index contributed by atoms with van der Waals surface area (Å²) in [4.78, 5) is 9.47. The van der Waals surface area contributed by atoms with E-state index >= 15 is 0 Å². The van der Waals surface area contributed by atoms with Crippen LogP contribution in [-0.4, -0.2) is 34.4 Å². The van der Waals surface area contributed by atoms with E-state index in [1.165, 1.54) is 0 Å². The van der Waals surface area contributed by atoms with Crippen molar-refractivity contribution in [3.63, 3.8) is 0 Å². The minimum atomic E-state index is 0.153. The number of benzene rings is 2. The van der Waals surface area contributed by atoms with Crippen molar-refractivity contribution in [1.82, 2.24) is 9.97 Å². The number of nitrogens with zero attached hydrogens (tertiary/aromatic N) is 2. The lowest BCUT2D eigenvalue weighted by Gasteiger charge is -2.11. The summed E-state index contributed by atoms with van der Waals surface area (Å²) in [7, 11) is 3.18. The minimum absolute atomic E-state index is 0.153. The zero-order chi connectivity index (χ0) is 22.5. The highest BCUT2D eigenvalue weighted by Gasteiger charge is 2.14. The predicted molar refractivity (Wildman–Crippen MR) is 123 cm³/mol. The Morgan fingerprint density at radius 3 is 1.34 bits per heavy atom. The second kappa shape index (κ2) is 9.60. The maximum atomic E-state index is 10.7. The first kappa shape index (κ1) is 21.5. The molecule has 162 valence electrons. The number of methoxy groups -OCH3 is 2. The average Bonchev–Trinajstić information content (AvgIpc) is 2.82. The van der Waals surface area contributed by atoms with Gasteiger partial charge in [-0.1, -0.05) is 36.4 Å². The summed E-state index contributed by atoms with van der Waals surface area (Å²) in [5.74, 6) is 0.307. The summed E-state index contributed by atoms with van der Waals surface area (Å²) in [6.07, 6.45) is 0. The van der Waals surface area contributed by atoms with Gasteiger partial charge in [0.05, 0.1) is 36.0 Å². The van der Waals surface area contributed by atoms with Crippen LogP contribution in [-0.2, 0) is 22.7 Å². The Bertz CT molecular complexity index is 1140. The van der Waals surface area contributed by atoms with E-state index in [9.17, 15) is 10.2 Å². The number of ether oxygens (including phenoxy) is 2. The van der Waals surface area contributed by atoms with Gasteiger partial charge in [0, 0.05) is 36.5 Å². The minimum Gasteiger partial charge on any atom is -0.507 e. The SMILES string of the molecule is COCc1cccc(-c2cccc(-c3cccc(-c4cccc(COC)c4O)n3)n2)c1O. The molecule has 2 aromatic heterocycles. The van der Waals surface area contributed by atoms with E-state index in [0.717, 1.165) is 0 Å². The Hall–Kier alpha value is -3.74. The molecule has 6 nitrogen and oxygen atoms in total. The van der Waals surface area contributed by atoms with Gasteiger partial charge in [0.2, 0.25) is 0 Å². The molecule has 0 bridgehead atoms. The first-order valence-corrected chi connectivity index (χ1v) is 10.2. The number of pyridine rings is 2. The third-order valence-corrected chi connectivity index (χ3v) is 5.15. The quantitative estimate of drug-likeness (QED) is 0.422. The van der Waals surface area contributed by atoms with Crippen LogP contribution in [0.1, 0.15) is 11.1 Å². The summed E-state index contributed by atoms with van der Waals surface area (Å²) in [6.45, 7) is 0.628. The lowest BCUT2D eigenvalue weighted by atomic mass is 10.0. The van der Waals surface area contributed by atoms with Crippen molar-refractivity contribution in [2.24, 2.45) is 0 Å². The predicted octanol–water partition coefficient (Wildman–Crippen LogP) is 5.18. The van der Waals surface area contributed by atoms with E-state index in [1.54, 1.807) is 14.2 Å². The maximum absolute atomic E-state index is 10.7. The molecule has 0 radical (unpaired) electrons. The van der Waals surface area contributed by atoms with Gasteiger partial charge in [-0.15, -0.1) is 0 Å². The first-order chi connectivity index (χ1) is 15.6.